The third-order valence-corrected chi connectivity index (χ3v) is 3.84. The van der Waals surface area contributed by atoms with Gasteiger partial charge in [0.15, 0.2) is 0 Å². The Morgan fingerprint density at radius 1 is 1.35 bits per heavy atom. The molecular weight excluding hydrogens is 292 g/mol. The molecule has 0 aliphatic carbocycles. The van der Waals surface area contributed by atoms with Crippen molar-refractivity contribution < 1.29 is 14.7 Å². The van der Waals surface area contributed by atoms with Crippen LogP contribution in [0.5, 0.6) is 0 Å². The fourth-order valence-electron chi connectivity index (χ4n) is 2.60. The fraction of sp³-hybridized carbons (Fsp3) is 0.611. The lowest BCUT2D eigenvalue weighted by atomic mass is 10.0. The van der Waals surface area contributed by atoms with Crippen molar-refractivity contribution in [2.45, 2.75) is 45.5 Å². The predicted molar refractivity (Wildman–Crippen MR) is 91.7 cm³/mol. The second-order valence-electron chi connectivity index (χ2n) is 6.22. The van der Waals surface area contributed by atoms with Crippen molar-refractivity contribution in [1.82, 2.24) is 4.90 Å². The SMILES string of the molecule is CCN(C[C@H](O)COC(C)C)C[C@H]1CC(c2ccccc2)=NO1. The standard InChI is InChI=1S/C18H28N2O3/c1-4-20(11-16(21)13-22-14(2)3)12-17-10-18(19-23-17)15-8-6-5-7-9-15/h5-9,14,16-17,21H,4,10-13H2,1-3H3/t16-,17+/m0/s1. The van der Waals surface area contributed by atoms with Crippen molar-refractivity contribution in [2.75, 3.05) is 26.2 Å². The zero-order chi connectivity index (χ0) is 16.7. The van der Waals surface area contributed by atoms with Crippen molar-refractivity contribution in [3.05, 3.63) is 35.9 Å². The van der Waals surface area contributed by atoms with E-state index in [4.69, 9.17) is 9.57 Å². The number of nitrogens with zero attached hydrogens (tertiary/aromatic N) is 2. The Bertz CT molecular complexity index is 490. The first-order chi connectivity index (χ1) is 11.1. The summed E-state index contributed by atoms with van der Waals surface area (Å²) in [7, 11) is 0. The summed E-state index contributed by atoms with van der Waals surface area (Å²) in [6, 6.07) is 10.1. The summed E-state index contributed by atoms with van der Waals surface area (Å²) in [6.07, 6.45) is 0.510. The zero-order valence-electron chi connectivity index (χ0n) is 14.3. The average Bonchev–Trinajstić information content (AvgIpc) is 3.01. The molecule has 128 valence electrons. The Balaban J connectivity index is 1.77. The summed E-state index contributed by atoms with van der Waals surface area (Å²) >= 11 is 0. The molecule has 1 N–H and O–H groups in total. The first-order valence-electron chi connectivity index (χ1n) is 8.38. The summed E-state index contributed by atoms with van der Waals surface area (Å²) in [5, 5.41) is 14.3. The van der Waals surface area contributed by atoms with Crippen LogP contribution < -0.4 is 0 Å². The van der Waals surface area contributed by atoms with Crippen LogP contribution in [0.1, 0.15) is 32.8 Å². The lowest BCUT2D eigenvalue weighted by molar-refractivity contribution is -0.0169. The molecule has 2 rings (SSSR count). The number of ether oxygens (including phenoxy) is 1. The first kappa shape index (κ1) is 17.9. The van der Waals surface area contributed by atoms with Crippen LogP contribution in [0.3, 0.4) is 0 Å². The van der Waals surface area contributed by atoms with E-state index in [0.717, 1.165) is 30.8 Å². The van der Waals surface area contributed by atoms with Crippen LogP contribution in [0.2, 0.25) is 0 Å². The molecular formula is C18H28N2O3. The van der Waals surface area contributed by atoms with Crippen LogP contribution in [0.4, 0.5) is 0 Å². The van der Waals surface area contributed by atoms with Gasteiger partial charge in [0.25, 0.3) is 0 Å². The van der Waals surface area contributed by atoms with E-state index in [1.54, 1.807) is 0 Å². The number of rotatable bonds is 9. The minimum Gasteiger partial charge on any atom is -0.390 e. The third-order valence-electron chi connectivity index (χ3n) is 3.84. The second kappa shape index (κ2) is 9.01. The van der Waals surface area contributed by atoms with Crippen LogP contribution in [0, 0.1) is 0 Å². The van der Waals surface area contributed by atoms with E-state index in [0.29, 0.717) is 13.2 Å². The molecule has 0 aromatic heterocycles. The van der Waals surface area contributed by atoms with Gasteiger partial charge >= 0.3 is 0 Å². The Hall–Kier alpha value is -1.43. The van der Waals surface area contributed by atoms with Crippen LogP contribution in [0.25, 0.3) is 0 Å². The molecule has 0 spiro atoms. The summed E-state index contributed by atoms with van der Waals surface area (Å²) in [5.74, 6) is 0. The van der Waals surface area contributed by atoms with E-state index in [1.165, 1.54) is 0 Å². The van der Waals surface area contributed by atoms with Crippen molar-refractivity contribution in [3.63, 3.8) is 0 Å². The summed E-state index contributed by atoms with van der Waals surface area (Å²) in [5.41, 5.74) is 2.11. The van der Waals surface area contributed by atoms with Crippen LogP contribution in [-0.4, -0.2) is 60.3 Å². The zero-order valence-corrected chi connectivity index (χ0v) is 14.3. The topological polar surface area (TPSA) is 54.3 Å². The fourth-order valence-corrected chi connectivity index (χ4v) is 2.60. The minimum atomic E-state index is -0.478. The molecule has 0 saturated heterocycles. The number of aliphatic hydroxyl groups is 1. The van der Waals surface area contributed by atoms with E-state index >= 15 is 0 Å². The Kier molecular flexibility index (Phi) is 7.02. The van der Waals surface area contributed by atoms with Gasteiger partial charge in [-0.15, -0.1) is 0 Å². The second-order valence-corrected chi connectivity index (χ2v) is 6.22. The van der Waals surface area contributed by atoms with E-state index in [2.05, 4.69) is 29.1 Å². The highest BCUT2D eigenvalue weighted by atomic mass is 16.6. The molecule has 0 saturated carbocycles. The average molecular weight is 320 g/mol. The summed E-state index contributed by atoms with van der Waals surface area (Å²) in [6.45, 7) is 8.60. The smallest absolute Gasteiger partial charge is 0.145 e. The van der Waals surface area contributed by atoms with Gasteiger partial charge < -0.3 is 14.7 Å². The number of benzene rings is 1. The van der Waals surface area contributed by atoms with Gasteiger partial charge in [-0.2, -0.15) is 0 Å². The Labute approximate surface area is 138 Å². The normalized spacial score (nSPS) is 19.0. The van der Waals surface area contributed by atoms with Gasteiger partial charge in [0.05, 0.1) is 24.5 Å². The highest BCUT2D eigenvalue weighted by molar-refractivity contribution is 6.01. The van der Waals surface area contributed by atoms with Gasteiger partial charge in [0.1, 0.15) is 6.10 Å². The van der Waals surface area contributed by atoms with Crippen molar-refractivity contribution in [1.29, 1.82) is 0 Å². The van der Waals surface area contributed by atoms with Gasteiger partial charge in [0.2, 0.25) is 0 Å². The minimum absolute atomic E-state index is 0.0448. The lowest BCUT2D eigenvalue weighted by Gasteiger charge is -2.25. The summed E-state index contributed by atoms with van der Waals surface area (Å²) < 4.78 is 5.46. The molecule has 23 heavy (non-hydrogen) atoms. The quantitative estimate of drug-likeness (QED) is 0.758. The number of likely N-dealkylation sites (N-methyl/N-ethyl adjacent to an activating group) is 1. The van der Waals surface area contributed by atoms with Gasteiger partial charge in [-0.25, -0.2) is 0 Å². The molecule has 1 aliphatic heterocycles. The van der Waals surface area contributed by atoms with Crippen molar-refractivity contribution in [2.24, 2.45) is 5.16 Å². The molecule has 0 amide bonds. The van der Waals surface area contributed by atoms with Crippen molar-refractivity contribution >= 4 is 5.71 Å². The van der Waals surface area contributed by atoms with Gasteiger partial charge in [-0.1, -0.05) is 42.4 Å². The molecule has 2 atom stereocenters. The Morgan fingerprint density at radius 2 is 2.09 bits per heavy atom. The number of aliphatic hydroxyl groups excluding tert-OH is 1. The monoisotopic (exact) mass is 320 g/mol. The molecule has 1 aromatic rings. The van der Waals surface area contributed by atoms with E-state index in [1.807, 2.05) is 32.0 Å². The van der Waals surface area contributed by atoms with Gasteiger partial charge in [0, 0.05) is 19.5 Å². The number of hydrogen-bond donors (Lipinski definition) is 1. The van der Waals surface area contributed by atoms with E-state index < -0.39 is 6.10 Å². The maximum absolute atomic E-state index is 10.1. The molecule has 1 heterocycles. The molecule has 0 radical (unpaired) electrons. The lowest BCUT2D eigenvalue weighted by Crippen LogP contribution is -2.39. The maximum atomic E-state index is 10.1. The van der Waals surface area contributed by atoms with Crippen molar-refractivity contribution in [3.8, 4) is 0 Å². The van der Waals surface area contributed by atoms with Crippen LogP contribution in [0.15, 0.2) is 35.5 Å². The molecule has 0 fully saturated rings. The van der Waals surface area contributed by atoms with E-state index in [9.17, 15) is 5.11 Å². The maximum Gasteiger partial charge on any atom is 0.145 e. The highest BCUT2D eigenvalue weighted by Crippen LogP contribution is 2.17. The van der Waals surface area contributed by atoms with E-state index in [-0.39, 0.29) is 12.2 Å². The molecule has 0 bridgehead atoms. The van der Waals surface area contributed by atoms with Gasteiger partial charge in [-0.05, 0) is 26.0 Å². The molecule has 1 aromatic carbocycles. The number of oxime groups is 1. The molecule has 0 unspecified atom stereocenters. The molecule has 5 nitrogen and oxygen atoms in total. The number of hydrogen-bond acceptors (Lipinski definition) is 5. The predicted octanol–water partition coefficient (Wildman–Crippen LogP) is 2.29. The van der Waals surface area contributed by atoms with Gasteiger partial charge in [-0.3, -0.25) is 4.90 Å². The van der Waals surface area contributed by atoms with Crippen LogP contribution >= 0.6 is 0 Å². The molecule has 5 heteroatoms. The largest absolute Gasteiger partial charge is 0.390 e. The highest BCUT2D eigenvalue weighted by Gasteiger charge is 2.25. The first-order valence-corrected chi connectivity index (χ1v) is 8.38. The third kappa shape index (κ3) is 5.94. The molecule has 1 aliphatic rings. The summed E-state index contributed by atoms with van der Waals surface area (Å²) in [4.78, 5) is 7.75. The Morgan fingerprint density at radius 3 is 2.74 bits per heavy atom. The van der Waals surface area contributed by atoms with Crippen LogP contribution in [-0.2, 0) is 9.57 Å².